The quantitative estimate of drug-likeness (QED) is 0.764. The van der Waals surface area contributed by atoms with Crippen molar-refractivity contribution in [1.82, 2.24) is 10.2 Å². The van der Waals surface area contributed by atoms with Crippen LogP contribution in [0.3, 0.4) is 0 Å². The van der Waals surface area contributed by atoms with Gasteiger partial charge < -0.3 is 5.32 Å². The van der Waals surface area contributed by atoms with Crippen molar-refractivity contribution in [2.45, 2.75) is 53.2 Å². The highest BCUT2D eigenvalue weighted by molar-refractivity contribution is 6.30. The standard InChI is InChI=1S/C16H27ClN2/c1-12(2)19(13(3)4)9-8-18-11-15-6-7-16(17)10-14(15)5/h6-7,10,12-13,18H,8-9,11H2,1-5H3. The molecule has 1 rings (SSSR count). The van der Waals surface area contributed by atoms with Gasteiger partial charge in [0.2, 0.25) is 0 Å². The summed E-state index contributed by atoms with van der Waals surface area (Å²) in [6.45, 7) is 14.1. The second-order valence-electron chi connectivity index (χ2n) is 5.67. The lowest BCUT2D eigenvalue weighted by atomic mass is 10.1. The first kappa shape index (κ1) is 16.5. The molecule has 0 aliphatic rings. The van der Waals surface area contributed by atoms with Crippen LogP contribution in [-0.2, 0) is 6.54 Å². The van der Waals surface area contributed by atoms with E-state index in [1.165, 1.54) is 11.1 Å². The summed E-state index contributed by atoms with van der Waals surface area (Å²) in [6.07, 6.45) is 0. The first-order valence-corrected chi connectivity index (χ1v) is 7.51. The minimum Gasteiger partial charge on any atom is -0.311 e. The third-order valence-electron chi connectivity index (χ3n) is 3.49. The zero-order valence-corrected chi connectivity index (χ0v) is 13.6. The van der Waals surface area contributed by atoms with Crippen LogP contribution in [0, 0.1) is 6.92 Å². The maximum Gasteiger partial charge on any atom is 0.0408 e. The molecule has 108 valence electrons. The van der Waals surface area contributed by atoms with Crippen LogP contribution in [-0.4, -0.2) is 30.1 Å². The van der Waals surface area contributed by atoms with Gasteiger partial charge in [0.05, 0.1) is 0 Å². The molecule has 0 spiro atoms. The number of hydrogen-bond donors (Lipinski definition) is 1. The summed E-state index contributed by atoms with van der Waals surface area (Å²) >= 11 is 5.96. The third-order valence-corrected chi connectivity index (χ3v) is 3.73. The van der Waals surface area contributed by atoms with Crippen molar-refractivity contribution in [2.75, 3.05) is 13.1 Å². The molecule has 0 saturated carbocycles. The van der Waals surface area contributed by atoms with E-state index in [0.717, 1.165) is 24.7 Å². The lowest BCUT2D eigenvalue weighted by Gasteiger charge is -2.30. The molecule has 3 heteroatoms. The second kappa shape index (κ2) is 7.88. The van der Waals surface area contributed by atoms with Crippen LogP contribution in [0.15, 0.2) is 18.2 Å². The maximum atomic E-state index is 5.96. The van der Waals surface area contributed by atoms with E-state index in [0.29, 0.717) is 12.1 Å². The third kappa shape index (κ3) is 5.52. The fraction of sp³-hybridized carbons (Fsp3) is 0.625. The van der Waals surface area contributed by atoms with Gasteiger partial charge in [-0.25, -0.2) is 0 Å². The molecule has 0 aliphatic heterocycles. The Kier molecular flexibility index (Phi) is 6.84. The Balaban J connectivity index is 2.38. The molecular weight excluding hydrogens is 256 g/mol. The number of benzene rings is 1. The van der Waals surface area contributed by atoms with Gasteiger partial charge in [0.15, 0.2) is 0 Å². The highest BCUT2D eigenvalue weighted by Crippen LogP contribution is 2.14. The predicted octanol–water partition coefficient (Wildman–Crippen LogP) is 3.86. The van der Waals surface area contributed by atoms with Gasteiger partial charge in [-0.3, -0.25) is 4.90 Å². The molecule has 0 heterocycles. The van der Waals surface area contributed by atoms with Crippen LogP contribution in [0.25, 0.3) is 0 Å². The lowest BCUT2D eigenvalue weighted by molar-refractivity contribution is 0.176. The zero-order valence-electron chi connectivity index (χ0n) is 12.8. The van der Waals surface area contributed by atoms with Crippen molar-refractivity contribution < 1.29 is 0 Å². The van der Waals surface area contributed by atoms with Crippen LogP contribution in [0.2, 0.25) is 5.02 Å². The summed E-state index contributed by atoms with van der Waals surface area (Å²) in [6, 6.07) is 7.28. The van der Waals surface area contributed by atoms with Crippen molar-refractivity contribution in [1.29, 1.82) is 0 Å². The Labute approximate surface area is 123 Å². The highest BCUT2D eigenvalue weighted by Gasteiger charge is 2.12. The normalized spacial score (nSPS) is 11.8. The minimum absolute atomic E-state index is 0.596. The van der Waals surface area contributed by atoms with Gasteiger partial charge in [-0.15, -0.1) is 0 Å². The average Bonchev–Trinajstić information content (AvgIpc) is 2.30. The van der Waals surface area contributed by atoms with Crippen molar-refractivity contribution in [2.24, 2.45) is 0 Å². The van der Waals surface area contributed by atoms with E-state index in [1.807, 2.05) is 12.1 Å². The number of rotatable bonds is 7. The number of aryl methyl sites for hydroxylation is 1. The van der Waals surface area contributed by atoms with Crippen LogP contribution in [0.1, 0.15) is 38.8 Å². The van der Waals surface area contributed by atoms with Gasteiger partial charge in [-0.05, 0) is 57.9 Å². The summed E-state index contributed by atoms with van der Waals surface area (Å²) in [7, 11) is 0. The monoisotopic (exact) mass is 282 g/mol. The second-order valence-corrected chi connectivity index (χ2v) is 6.11. The fourth-order valence-electron chi connectivity index (χ4n) is 2.40. The fourth-order valence-corrected chi connectivity index (χ4v) is 2.63. The van der Waals surface area contributed by atoms with Gasteiger partial charge in [-0.1, -0.05) is 17.7 Å². The summed E-state index contributed by atoms with van der Waals surface area (Å²) < 4.78 is 0. The zero-order chi connectivity index (χ0) is 14.4. The van der Waals surface area contributed by atoms with Crippen LogP contribution in [0.5, 0.6) is 0 Å². The van der Waals surface area contributed by atoms with Crippen LogP contribution >= 0.6 is 11.6 Å². The predicted molar refractivity (Wildman–Crippen MR) is 84.9 cm³/mol. The largest absolute Gasteiger partial charge is 0.311 e. The molecule has 0 radical (unpaired) electrons. The summed E-state index contributed by atoms with van der Waals surface area (Å²) in [5.74, 6) is 0. The Bertz CT molecular complexity index is 380. The van der Waals surface area contributed by atoms with Crippen LogP contribution < -0.4 is 5.32 Å². The smallest absolute Gasteiger partial charge is 0.0408 e. The summed E-state index contributed by atoms with van der Waals surface area (Å²) in [5, 5.41) is 4.33. The Morgan fingerprint density at radius 2 is 1.79 bits per heavy atom. The Hall–Kier alpha value is -0.570. The number of hydrogen-bond acceptors (Lipinski definition) is 2. The highest BCUT2D eigenvalue weighted by atomic mass is 35.5. The molecule has 0 aromatic heterocycles. The Morgan fingerprint density at radius 3 is 2.32 bits per heavy atom. The molecule has 0 saturated heterocycles. The van der Waals surface area contributed by atoms with Gasteiger partial charge >= 0.3 is 0 Å². The molecule has 0 amide bonds. The number of halogens is 1. The van der Waals surface area contributed by atoms with E-state index in [2.05, 4.69) is 50.9 Å². The van der Waals surface area contributed by atoms with E-state index < -0.39 is 0 Å². The first-order valence-electron chi connectivity index (χ1n) is 7.13. The van der Waals surface area contributed by atoms with Gasteiger partial charge in [0, 0.05) is 36.7 Å². The minimum atomic E-state index is 0.596. The number of nitrogens with one attached hydrogen (secondary N) is 1. The van der Waals surface area contributed by atoms with Gasteiger partial charge in [0.1, 0.15) is 0 Å². The van der Waals surface area contributed by atoms with Gasteiger partial charge in [0.25, 0.3) is 0 Å². The number of nitrogens with zero attached hydrogens (tertiary/aromatic N) is 1. The van der Waals surface area contributed by atoms with E-state index in [-0.39, 0.29) is 0 Å². The molecular formula is C16H27ClN2. The van der Waals surface area contributed by atoms with Crippen molar-refractivity contribution in [3.8, 4) is 0 Å². The Morgan fingerprint density at radius 1 is 1.16 bits per heavy atom. The molecule has 0 bridgehead atoms. The average molecular weight is 283 g/mol. The maximum absolute atomic E-state index is 5.96. The molecule has 2 nitrogen and oxygen atoms in total. The van der Waals surface area contributed by atoms with Crippen molar-refractivity contribution in [3.05, 3.63) is 34.3 Å². The molecule has 1 N–H and O–H groups in total. The molecule has 1 aromatic carbocycles. The summed E-state index contributed by atoms with van der Waals surface area (Å²) in [4.78, 5) is 2.50. The van der Waals surface area contributed by atoms with E-state index in [1.54, 1.807) is 0 Å². The topological polar surface area (TPSA) is 15.3 Å². The summed E-state index contributed by atoms with van der Waals surface area (Å²) in [5.41, 5.74) is 2.58. The van der Waals surface area contributed by atoms with Gasteiger partial charge in [-0.2, -0.15) is 0 Å². The van der Waals surface area contributed by atoms with Crippen molar-refractivity contribution in [3.63, 3.8) is 0 Å². The molecule has 0 atom stereocenters. The van der Waals surface area contributed by atoms with Crippen molar-refractivity contribution >= 4 is 11.6 Å². The van der Waals surface area contributed by atoms with E-state index >= 15 is 0 Å². The molecule has 19 heavy (non-hydrogen) atoms. The molecule has 0 unspecified atom stereocenters. The molecule has 0 fully saturated rings. The van der Waals surface area contributed by atoms with Crippen LogP contribution in [0.4, 0.5) is 0 Å². The first-order chi connectivity index (χ1) is 8.91. The molecule has 0 aliphatic carbocycles. The SMILES string of the molecule is Cc1cc(Cl)ccc1CNCCN(C(C)C)C(C)C. The van der Waals surface area contributed by atoms with E-state index in [9.17, 15) is 0 Å². The lowest BCUT2D eigenvalue weighted by Crippen LogP contribution is -2.41. The molecule has 1 aromatic rings. The van der Waals surface area contributed by atoms with E-state index in [4.69, 9.17) is 11.6 Å².